The van der Waals surface area contributed by atoms with Crippen LogP contribution in [0.15, 0.2) is 182 Å². The summed E-state index contributed by atoms with van der Waals surface area (Å²) >= 11 is 0. The Labute approximate surface area is 576 Å². The van der Waals surface area contributed by atoms with Gasteiger partial charge in [0.05, 0.1) is 25.4 Å². The molecule has 94 heavy (non-hydrogen) atoms. The maximum absolute atomic E-state index is 13.1. The summed E-state index contributed by atoms with van der Waals surface area (Å²) in [5.41, 5.74) is 0. The molecule has 0 saturated carbocycles. The van der Waals surface area contributed by atoms with Crippen molar-refractivity contribution in [2.24, 2.45) is 0 Å². The number of hydrogen-bond donors (Lipinski definition) is 6. The van der Waals surface area contributed by atoms with E-state index in [2.05, 4.69) is 189 Å². The van der Waals surface area contributed by atoms with Gasteiger partial charge in [-0.15, -0.1) is 0 Å². The van der Waals surface area contributed by atoms with E-state index in [0.29, 0.717) is 12.8 Å². The van der Waals surface area contributed by atoms with Crippen LogP contribution in [0, 0.1) is 0 Å². The Morgan fingerprint density at radius 1 is 0.372 bits per heavy atom. The van der Waals surface area contributed by atoms with Gasteiger partial charge >= 0.3 is 0 Å². The molecule has 7 unspecified atom stereocenters. The van der Waals surface area contributed by atoms with Crippen LogP contribution in [0.25, 0.3) is 0 Å². The fourth-order valence-corrected chi connectivity index (χ4v) is 10.8. The molecule has 0 aromatic heterocycles. The molecule has 0 bridgehead atoms. The Hall–Kier alpha value is -4.71. The molecule has 0 spiro atoms. The standard InChI is InChI=1S/C85H139NO8/c1-3-5-7-9-11-13-15-17-19-21-23-25-27-29-31-33-35-37-38-39-40-41-42-43-45-47-49-51-53-55-57-59-61-63-65-67-69-71-73-75-81(89)86-78(77-93-85-84(92)83(91)82(90)80(76-87)94-85)79(88)74-72-70-68-66-64-62-60-58-56-54-52-50-48-46-44-36-34-32-30-28-26-24-22-20-18-16-14-12-10-8-6-4-2/h5,7,11,13,17,19,23,25,29,31,35,37,39-40,42-43,47,49,53,55-56,58-59,61,64-67,72,74,78-80,82-85,87-88,90-92H,3-4,6,8-10,12,14-16,18,20-22,24,26-28,30,32-34,36,38,41,44-46,48,50-52,54,57,60,62-63,68-71,73,75-77H2,1-2H3,(H,86,89)/b7-5-,13-11-,19-17-,25-23-,31-29-,37-35-,40-39-,43-42-,49-47-,55-53-,58-56+,61-59-,66-64+,67-65-,74-72+. The predicted octanol–water partition coefficient (Wildman–Crippen LogP) is 21.8. The fourth-order valence-electron chi connectivity index (χ4n) is 10.8. The smallest absolute Gasteiger partial charge is 0.220 e. The third kappa shape index (κ3) is 58.6. The van der Waals surface area contributed by atoms with Crippen LogP contribution in [0.4, 0.5) is 0 Å². The lowest BCUT2D eigenvalue weighted by atomic mass is 9.99. The first-order valence-corrected chi connectivity index (χ1v) is 38.0. The van der Waals surface area contributed by atoms with Gasteiger partial charge in [0.1, 0.15) is 24.4 Å². The summed E-state index contributed by atoms with van der Waals surface area (Å²) < 4.78 is 11.3. The van der Waals surface area contributed by atoms with Gasteiger partial charge in [-0.3, -0.25) is 4.79 Å². The molecule has 9 heteroatoms. The van der Waals surface area contributed by atoms with Crippen LogP contribution in [0.5, 0.6) is 0 Å². The molecule has 1 fully saturated rings. The SMILES string of the molecule is CC/C=C\C/C=C\C/C=C\C/C=C\C/C=C\C/C=C\C/C=C\C/C=C\C/C=C\C/C=C\C/C=C\C/C=C\CCCCC(=O)NC(COC1OC(CO)C(O)C(O)C1O)C(O)/C=C/CC/C=C/CC/C=C/CCCCCCCCCCCCCCCCCCCCCCCC. The van der Waals surface area contributed by atoms with Crippen LogP contribution in [0.3, 0.4) is 0 Å². The summed E-state index contributed by atoms with van der Waals surface area (Å²) in [6, 6.07) is -0.869. The van der Waals surface area contributed by atoms with Crippen molar-refractivity contribution in [2.45, 2.75) is 333 Å². The summed E-state index contributed by atoms with van der Waals surface area (Å²) in [5.74, 6) is -0.238. The average Bonchev–Trinajstić information content (AvgIpc) is 0.829. The lowest BCUT2D eigenvalue weighted by Gasteiger charge is -2.40. The minimum Gasteiger partial charge on any atom is -0.394 e. The van der Waals surface area contributed by atoms with Crippen molar-refractivity contribution in [1.29, 1.82) is 0 Å². The number of carbonyl (C=O) groups excluding carboxylic acids is 1. The first kappa shape index (κ1) is 87.3. The average molecular weight is 1300 g/mol. The van der Waals surface area contributed by atoms with E-state index < -0.39 is 49.5 Å². The lowest BCUT2D eigenvalue weighted by Crippen LogP contribution is -2.60. The molecule has 6 N–H and O–H groups in total. The fraction of sp³-hybridized carbons (Fsp3) is 0.635. The third-order valence-electron chi connectivity index (χ3n) is 16.7. The Morgan fingerprint density at radius 2 is 0.670 bits per heavy atom. The van der Waals surface area contributed by atoms with Gasteiger partial charge in [-0.05, 0) is 135 Å². The quantitative estimate of drug-likeness (QED) is 0.0261. The monoisotopic (exact) mass is 1300 g/mol. The number of aliphatic hydroxyl groups is 5. The summed E-state index contributed by atoms with van der Waals surface area (Å²) in [5, 5.41) is 54.8. The van der Waals surface area contributed by atoms with E-state index in [1.165, 1.54) is 141 Å². The van der Waals surface area contributed by atoms with E-state index in [4.69, 9.17) is 9.47 Å². The zero-order valence-electron chi connectivity index (χ0n) is 59.6. The van der Waals surface area contributed by atoms with Crippen LogP contribution >= 0.6 is 0 Å². The predicted molar refractivity (Wildman–Crippen MR) is 405 cm³/mol. The summed E-state index contributed by atoms with van der Waals surface area (Å²) in [4.78, 5) is 13.1. The topological polar surface area (TPSA) is 149 Å². The molecule has 0 aliphatic carbocycles. The van der Waals surface area contributed by atoms with Crippen LogP contribution in [-0.4, -0.2) is 87.5 Å². The van der Waals surface area contributed by atoms with Gasteiger partial charge in [-0.25, -0.2) is 0 Å². The van der Waals surface area contributed by atoms with Crippen molar-refractivity contribution in [2.75, 3.05) is 13.2 Å². The summed E-state index contributed by atoms with van der Waals surface area (Å²) in [7, 11) is 0. The van der Waals surface area contributed by atoms with Gasteiger partial charge in [-0.1, -0.05) is 331 Å². The van der Waals surface area contributed by atoms with E-state index in [1.807, 2.05) is 6.08 Å². The minimum absolute atomic E-state index is 0.235. The van der Waals surface area contributed by atoms with E-state index in [9.17, 15) is 30.3 Å². The number of carbonyl (C=O) groups is 1. The number of allylic oxidation sites excluding steroid dienone is 29. The maximum atomic E-state index is 13.1. The molecule has 0 aromatic rings. The first-order valence-electron chi connectivity index (χ1n) is 38.0. The molecule has 7 atom stereocenters. The second-order valence-corrected chi connectivity index (χ2v) is 25.3. The molecule has 1 aliphatic rings. The van der Waals surface area contributed by atoms with E-state index in [0.717, 1.165) is 116 Å². The number of rotatable bonds is 64. The largest absolute Gasteiger partial charge is 0.394 e. The van der Waals surface area contributed by atoms with Crippen molar-refractivity contribution in [3.05, 3.63) is 182 Å². The third-order valence-corrected chi connectivity index (χ3v) is 16.7. The molecular weight excluding hydrogens is 1160 g/mol. The van der Waals surface area contributed by atoms with Gasteiger partial charge in [0.2, 0.25) is 5.91 Å². The number of nitrogens with one attached hydrogen (secondary N) is 1. The second kappa shape index (κ2) is 71.1. The van der Waals surface area contributed by atoms with Crippen LogP contribution in [0.1, 0.15) is 290 Å². The molecule has 9 nitrogen and oxygen atoms in total. The molecule has 0 aromatic carbocycles. The van der Waals surface area contributed by atoms with Crippen LogP contribution in [-0.2, 0) is 14.3 Å². The van der Waals surface area contributed by atoms with Crippen molar-refractivity contribution in [1.82, 2.24) is 5.32 Å². The molecular formula is C85H139NO8. The Balaban J connectivity index is 2.22. The molecule has 532 valence electrons. The zero-order valence-corrected chi connectivity index (χ0v) is 59.6. The number of unbranched alkanes of at least 4 members (excludes halogenated alkanes) is 26. The Bertz CT molecular complexity index is 2150. The number of amides is 1. The van der Waals surface area contributed by atoms with Crippen molar-refractivity contribution < 1.29 is 39.8 Å². The number of ether oxygens (including phenoxy) is 2. The normalized spacial score (nSPS) is 18.6. The van der Waals surface area contributed by atoms with Crippen molar-refractivity contribution in [3.63, 3.8) is 0 Å². The molecule has 1 rings (SSSR count). The first-order chi connectivity index (χ1) is 46.3. The second-order valence-electron chi connectivity index (χ2n) is 25.3. The van der Waals surface area contributed by atoms with Crippen molar-refractivity contribution in [3.8, 4) is 0 Å². The maximum Gasteiger partial charge on any atom is 0.220 e. The van der Waals surface area contributed by atoms with Gasteiger partial charge in [-0.2, -0.15) is 0 Å². The number of hydrogen-bond acceptors (Lipinski definition) is 8. The molecule has 1 aliphatic heterocycles. The summed E-state index contributed by atoms with van der Waals surface area (Å²) in [6.07, 6.45) is 107. The van der Waals surface area contributed by atoms with Gasteiger partial charge in [0.15, 0.2) is 6.29 Å². The van der Waals surface area contributed by atoms with Gasteiger partial charge in [0, 0.05) is 6.42 Å². The van der Waals surface area contributed by atoms with Crippen molar-refractivity contribution >= 4 is 5.91 Å². The Morgan fingerprint density at radius 3 is 1.02 bits per heavy atom. The van der Waals surface area contributed by atoms with Gasteiger partial charge in [0.25, 0.3) is 0 Å². The molecule has 1 saturated heterocycles. The van der Waals surface area contributed by atoms with Gasteiger partial charge < -0.3 is 40.3 Å². The molecule has 1 heterocycles. The van der Waals surface area contributed by atoms with E-state index in [1.54, 1.807) is 6.08 Å². The number of aliphatic hydroxyl groups excluding tert-OH is 5. The van der Waals surface area contributed by atoms with Crippen LogP contribution in [0.2, 0.25) is 0 Å². The summed E-state index contributed by atoms with van der Waals surface area (Å²) in [6.45, 7) is 3.63. The minimum atomic E-state index is -1.60. The highest BCUT2D eigenvalue weighted by molar-refractivity contribution is 5.76. The highest BCUT2D eigenvalue weighted by Crippen LogP contribution is 2.23. The van der Waals surface area contributed by atoms with Crippen LogP contribution < -0.4 is 5.32 Å². The Kier molecular flexibility index (Phi) is 66.0. The highest BCUT2D eigenvalue weighted by atomic mass is 16.7. The van der Waals surface area contributed by atoms with E-state index in [-0.39, 0.29) is 18.9 Å². The molecule has 1 amide bonds. The molecule has 0 radical (unpaired) electrons. The zero-order chi connectivity index (χ0) is 67.8. The highest BCUT2D eigenvalue weighted by Gasteiger charge is 2.44. The lowest BCUT2D eigenvalue weighted by molar-refractivity contribution is -0.302. The van der Waals surface area contributed by atoms with E-state index >= 15 is 0 Å².